The predicted molar refractivity (Wildman–Crippen MR) is 403 cm³/mol. The van der Waals surface area contributed by atoms with Gasteiger partial charge in [-0.15, -0.1) is 154 Å². The lowest BCUT2D eigenvalue weighted by Crippen LogP contribution is -2.36. The molecule has 0 spiro atoms. The topological polar surface area (TPSA) is 112 Å². The van der Waals surface area contributed by atoms with E-state index in [-0.39, 0.29) is 90.8 Å². The molecule has 2 aromatic heterocycles. The third-order valence-corrected chi connectivity index (χ3v) is 199. The van der Waals surface area contributed by atoms with Crippen molar-refractivity contribution >= 4 is 286 Å². The van der Waals surface area contributed by atoms with Crippen molar-refractivity contribution in [3.05, 3.63) is 38.1 Å². The molecule has 0 aliphatic carbocycles. The summed E-state index contributed by atoms with van der Waals surface area (Å²) in [4.78, 5) is 4.54. The molecule has 4 heterocycles. The van der Waals surface area contributed by atoms with Crippen molar-refractivity contribution < 1.29 is 9.47 Å². The van der Waals surface area contributed by atoms with Crippen LogP contribution >= 0.6 is 281 Å². The molecule has 18 unspecified atom stereocenters. The molecule has 0 bridgehead atoms. The molecule has 2 saturated heterocycles. The molecule has 0 amide bonds. The number of nitrogens with zero attached hydrogens (tertiary/aromatic N) is 7. The van der Waals surface area contributed by atoms with E-state index in [4.69, 9.17) is 14.7 Å². The van der Waals surface area contributed by atoms with Gasteiger partial charge in [-0.3, -0.25) is 0 Å². The highest BCUT2D eigenvalue weighted by Gasteiger charge is 2.49. The molecule has 2 fully saturated rings. The minimum atomic E-state index is -0.0415. The van der Waals surface area contributed by atoms with Gasteiger partial charge in [-0.1, -0.05) is 28.7 Å². The monoisotopic (exact) mass is 1640 g/mol. The molecule has 42 heteroatoms. The van der Waals surface area contributed by atoms with E-state index in [1.165, 1.54) is 26.6 Å². The number of morpholine rings is 2. The molecular formula is C24H70Br3N8O2P29. The van der Waals surface area contributed by atoms with Gasteiger partial charge in [0, 0.05) is 33.1 Å². The lowest BCUT2D eigenvalue weighted by Gasteiger charge is -2.51. The molecule has 18 atom stereocenters. The maximum Gasteiger partial charge on any atom is 0.151 e. The third kappa shape index (κ3) is 37.4. The predicted octanol–water partition coefficient (Wildman–Crippen LogP) is 21.2. The molecule has 384 valence electrons. The van der Waals surface area contributed by atoms with Crippen molar-refractivity contribution in [1.82, 2.24) is 30.6 Å². The highest BCUT2D eigenvalue weighted by Crippen LogP contribution is 3.37. The second-order valence-electron chi connectivity index (χ2n) is 11.6. The van der Waals surface area contributed by atoms with Crippen LogP contribution in [0.2, 0.25) is 0 Å². The van der Waals surface area contributed by atoms with E-state index in [0.29, 0.717) is 0 Å². The second-order valence-corrected chi connectivity index (χ2v) is 129. The zero-order chi connectivity index (χ0) is 50.9. The van der Waals surface area contributed by atoms with Crippen molar-refractivity contribution in [2.45, 2.75) is 27.7 Å². The summed E-state index contributed by atoms with van der Waals surface area (Å²) in [6.45, 7) is 18.9. The number of aromatic nitrogens is 4. The van der Waals surface area contributed by atoms with Crippen molar-refractivity contribution in [3.63, 3.8) is 0 Å². The Balaban J connectivity index is 0. The summed E-state index contributed by atoms with van der Waals surface area (Å²) in [5.41, 5.74) is 0. The minimum absolute atomic E-state index is 0.0147. The molecule has 2 aromatic rings. The fourth-order valence-corrected chi connectivity index (χ4v) is 383. The number of nitriles is 1. The number of ether oxygens (including phenoxy) is 2. The van der Waals surface area contributed by atoms with E-state index >= 15 is 0 Å². The van der Waals surface area contributed by atoms with E-state index < -0.39 is 0 Å². The first-order chi connectivity index (χ1) is 31.1. The summed E-state index contributed by atoms with van der Waals surface area (Å²) < 4.78 is 12.5. The fraction of sp³-hybridized carbons (Fsp3) is 0.625. The molecule has 2 aliphatic rings. The van der Waals surface area contributed by atoms with Gasteiger partial charge in [0.1, 0.15) is 13.8 Å². The Labute approximate surface area is 475 Å². The molecule has 4 rings (SSSR count). The first kappa shape index (κ1) is 79.3. The van der Waals surface area contributed by atoms with Gasteiger partial charge in [0.2, 0.25) is 0 Å². The number of nitrogens with one attached hydrogen (secondary N) is 1. The van der Waals surface area contributed by atoms with Crippen LogP contribution in [0.3, 0.4) is 0 Å². The van der Waals surface area contributed by atoms with Gasteiger partial charge in [-0.05, 0) is 183 Å². The Kier molecular flexibility index (Phi) is 60.9. The fourth-order valence-electron chi connectivity index (χ4n) is 4.32. The number of rotatable bonds is 17. The molecule has 2 aliphatic heterocycles. The van der Waals surface area contributed by atoms with Crippen molar-refractivity contribution in [3.8, 4) is 6.07 Å². The van der Waals surface area contributed by atoms with Crippen LogP contribution < -0.4 is 10.2 Å². The van der Waals surface area contributed by atoms with Gasteiger partial charge in [-0.2, -0.15) is 5.26 Å². The van der Waals surface area contributed by atoms with Gasteiger partial charge in [0.05, 0.1) is 32.5 Å². The Morgan fingerprint density at radius 1 is 0.591 bits per heavy atom. The van der Waals surface area contributed by atoms with Gasteiger partial charge >= 0.3 is 0 Å². The molecule has 66 heavy (non-hydrogen) atoms. The summed E-state index contributed by atoms with van der Waals surface area (Å²) in [6, 6.07) is 9.24. The zero-order valence-corrected chi connectivity index (χ0v) is 71.8. The van der Waals surface area contributed by atoms with Crippen LogP contribution in [0.1, 0.15) is 27.7 Å². The van der Waals surface area contributed by atoms with Crippen LogP contribution in [0.15, 0.2) is 38.1 Å². The Bertz CT molecular complexity index is 1410. The number of hydrogen-bond acceptors (Lipinski definition) is 10. The number of anilines is 1. The van der Waals surface area contributed by atoms with Crippen LogP contribution in [0, 0.1) is 11.3 Å². The lowest BCUT2D eigenvalue weighted by molar-refractivity contribution is 0.109. The van der Waals surface area contributed by atoms with Crippen LogP contribution in [0.25, 0.3) is 0 Å². The van der Waals surface area contributed by atoms with E-state index in [1.807, 2.05) is 24.3 Å². The summed E-state index contributed by atoms with van der Waals surface area (Å²) in [6.07, 6.45) is 0. The van der Waals surface area contributed by atoms with Gasteiger partial charge in [0.15, 0.2) is 5.82 Å². The molecule has 0 radical (unpaired) electrons. The van der Waals surface area contributed by atoms with Crippen molar-refractivity contribution in [1.29, 1.82) is 5.26 Å². The van der Waals surface area contributed by atoms with Crippen LogP contribution in [0.4, 0.5) is 5.82 Å². The number of hydrogen-bond donors (Lipinski definition) is 1. The Morgan fingerprint density at radius 3 is 1.15 bits per heavy atom. The molecule has 1 N–H and O–H groups in total. The van der Waals surface area contributed by atoms with Gasteiger partial charge in [0.25, 0.3) is 0 Å². The molecule has 0 aromatic carbocycles. The zero-order valence-electron chi connectivity index (χ0n) is 37.1. The smallest absolute Gasteiger partial charge is 0.151 e. The molecule has 10 nitrogen and oxygen atoms in total. The summed E-state index contributed by atoms with van der Waals surface area (Å²) >= 11 is 9.55. The van der Waals surface area contributed by atoms with Gasteiger partial charge in [-0.25, -0.2) is 0 Å². The maximum absolute atomic E-state index is 7.32. The first-order valence-electron chi connectivity index (χ1n) is 18.7. The average Bonchev–Trinajstić information content (AvgIpc) is 3.26. The lowest BCUT2D eigenvalue weighted by atomic mass is 10.4. The highest BCUT2D eigenvalue weighted by molar-refractivity contribution is 9.43. The van der Waals surface area contributed by atoms with Crippen molar-refractivity contribution in [2.24, 2.45) is 0 Å². The van der Waals surface area contributed by atoms with Gasteiger partial charge < -0.3 is 24.6 Å². The molecule has 0 saturated carbocycles. The normalized spacial score (nSPS) is 15.1. The largest absolute Gasteiger partial charge is 0.379 e. The summed E-state index contributed by atoms with van der Waals surface area (Å²) in [5, 5.41) is 25.9. The third-order valence-electron chi connectivity index (χ3n) is 7.12. The average molecular weight is 1640 g/mol. The maximum atomic E-state index is 7.32. The minimum Gasteiger partial charge on any atom is -0.379 e. The van der Waals surface area contributed by atoms with E-state index in [1.54, 1.807) is 6.07 Å². The Morgan fingerprint density at radius 2 is 0.924 bits per heavy atom. The van der Waals surface area contributed by atoms with E-state index in [2.05, 4.69) is 238 Å². The SMILES string of the molecule is Brc1ccc(Br)nn1.Brc1ccc(N2CCOCC2)nn1.C1COCCN1.CC#N.CCN(CC)CC.PPP(P(P)P)P(P(P(P)P)P(P)P)P(P(P(P)P)P(P)P)P(P(P)P)P(P)P. The standard InChI is InChI=1S/C8H10BrN3O.C6H15N.C4H2Br2N2.C4H9NO.C2H3N.H31P29/c9-7-1-2-8(11-10-7)12-3-5-13-6-4-12;1-4-7(5-2)6-3;5-3-1-2-4(6)8-7-3;1-3-6-4-2-5-1;1-2-3;1-16-24(17(2)3)28(25(18(4)5)19(6)7)29(26(20(8)9)21(10)11)27(22(12)13)23(14)15/h1-2H,3-6H2;4-6H2,1-3H3;1-2H;5H,1-4H2;1H3;16H,1-15H2. The van der Waals surface area contributed by atoms with E-state index in [0.717, 1.165) is 80.2 Å². The highest BCUT2D eigenvalue weighted by atomic mass is 79.9. The van der Waals surface area contributed by atoms with Crippen LogP contribution in [0.5, 0.6) is 0 Å². The van der Waals surface area contributed by atoms with Crippen molar-refractivity contribution in [2.75, 3.05) is 77.1 Å². The van der Waals surface area contributed by atoms with Crippen LogP contribution in [-0.4, -0.2) is 97.5 Å². The Hall–Kier alpha value is 11.2. The quantitative estimate of drug-likeness (QED) is 0.154. The number of halogens is 3. The van der Waals surface area contributed by atoms with E-state index in [9.17, 15) is 0 Å². The summed E-state index contributed by atoms with van der Waals surface area (Å²) in [7, 11) is 50.2. The van der Waals surface area contributed by atoms with Crippen LogP contribution in [-0.2, 0) is 9.47 Å². The summed E-state index contributed by atoms with van der Waals surface area (Å²) in [5.74, 6) is 0.923. The second kappa shape index (κ2) is 50.7. The molecular weight excluding hydrogens is 1570 g/mol. The first-order valence-corrected chi connectivity index (χ1v) is 73.3.